The molecule has 0 aromatic heterocycles. The van der Waals surface area contributed by atoms with E-state index in [2.05, 4.69) is 27.2 Å². The molecule has 2 fully saturated rings. The summed E-state index contributed by atoms with van der Waals surface area (Å²) >= 11 is 0. The summed E-state index contributed by atoms with van der Waals surface area (Å²) in [5, 5.41) is 3.05. The molecule has 0 radical (unpaired) electrons. The van der Waals surface area contributed by atoms with Gasteiger partial charge in [0, 0.05) is 36.8 Å². The van der Waals surface area contributed by atoms with Crippen LogP contribution in [0.5, 0.6) is 5.75 Å². The van der Waals surface area contributed by atoms with E-state index < -0.39 is 5.54 Å². The number of halogens is 1. The van der Waals surface area contributed by atoms with Gasteiger partial charge < -0.3 is 15.0 Å². The van der Waals surface area contributed by atoms with Gasteiger partial charge in [-0.1, -0.05) is 18.2 Å². The van der Waals surface area contributed by atoms with Crippen LogP contribution in [0.4, 0.5) is 10.1 Å². The third kappa shape index (κ3) is 2.75. The molecule has 0 bridgehead atoms. The lowest BCUT2D eigenvalue weighted by Gasteiger charge is -2.46. The third-order valence-electron chi connectivity index (χ3n) is 6.45. The van der Waals surface area contributed by atoms with Gasteiger partial charge >= 0.3 is 0 Å². The van der Waals surface area contributed by atoms with Gasteiger partial charge in [-0.2, -0.15) is 0 Å². The van der Waals surface area contributed by atoms with Crippen LogP contribution >= 0.6 is 0 Å². The number of nitrogens with zero attached hydrogens (tertiary/aromatic N) is 2. The number of piperidine rings is 1. The monoisotopic (exact) mass is 381 g/mol. The van der Waals surface area contributed by atoms with E-state index in [9.17, 15) is 9.18 Å². The zero-order chi connectivity index (χ0) is 19.1. The Bertz CT molecular complexity index is 881. The summed E-state index contributed by atoms with van der Waals surface area (Å²) < 4.78 is 19.6. The standard InChI is InChI=1S/C22H24FN3O2/c23-16-6-7-20-18(14-16)19(8-13-28-20)25-11-9-22(10-12-25)21(27)24-15-26(22)17-4-2-1-3-5-17/h1-7,14,19H,8-13,15H2,(H,24,27). The second kappa shape index (κ2) is 6.78. The minimum atomic E-state index is -0.492. The van der Waals surface area contributed by atoms with E-state index in [1.54, 1.807) is 12.1 Å². The number of carbonyl (C=O) groups is 1. The SMILES string of the molecule is O=C1NCN(c2ccccc2)C12CCN(C1CCOc3ccc(F)cc31)CC2. The fraction of sp³-hybridized carbons (Fsp3) is 0.409. The Balaban J connectivity index is 1.38. The molecule has 3 aliphatic rings. The van der Waals surface area contributed by atoms with Gasteiger partial charge in [-0.15, -0.1) is 0 Å². The maximum Gasteiger partial charge on any atom is 0.247 e. The molecule has 0 saturated carbocycles. The zero-order valence-corrected chi connectivity index (χ0v) is 15.7. The van der Waals surface area contributed by atoms with Crippen molar-refractivity contribution in [2.75, 3.05) is 31.3 Å². The highest BCUT2D eigenvalue weighted by molar-refractivity contribution is 5.93. The van der Waals surface area contributed by atoms with E-state index in [0.29, 0.717) is 13.3 Å². The van der Waals surface area contributed by atoms with Crippen LogP contribution in [0.2, 0.25) is 0 Å². The molecule has 2 aromatic carbocycles. The third-order valence-corrected chi connectivity index (χ3v) is 6.45. The van der Waals surface area contributed by atoms with Crippen LogP contribution in [-0.4, -0.2) is 42.7 Å². The van der Waals surface area contributed by atoms with E-state index in [1.807, 2.05) is 18.2 Å². The molecule has 28 heavy (non-hydrogen) atoms. The second-order valence-electron chi connectivity index (χ2n) is 7.83. The van der Waals surface area contributed by atoms with Crippen LogP contribution in [-0.2, 0) is 4.79 Å². The van der Waals surface area contributed by atoms with Crippen LogP contribution in [0.15, 0.2) is 48.5 Å². The highest BCUT2D eigenvalue weighted by Crippen LogP contribution is 2.41. The minimum absolute atomic E-state index is 0.120. The topological polar surface area (TPSA) is 44.8 Å². The first-order chi connectivity index (χ1) is 13.7. The average molecular weight is 381 g/mol. The molecule has 6 heteroatoms. The van der Waals surface area contributed by atoms with Crippen LogP contribution in [0.3, 0.4) is 0 Å². The number of nitrogens with one attached hydrogen (secondary N) is 1. The number of benzene rings is 2. The van der Waals surface area contributed by atoms with Gasteiger partial charge in [0.05, 0.1) is 13.3 Å². The number of rotatable bonds is 2. The van der Waals surface area contributed by atoms with Crippen molar-refractivity contribution in [2.24, 2.45) is 0 Å². The highest BCUT2D eigenvalue weighted by Gasteiger charge is 2.51. The fourth-order valence-corrected chi connectivity index (χ4v) is 4.96. The predicted molar refractivity (Wildman–Crippen MR) is 105 cm³/mol. The van der Waals surface area contributed by atoms with Gasteiger partial charge in [-0.25, -0.2) is 4.39 Å². The Hall–Kier alpha value is -2.60. The van der Waals surface area contributed by atoms with Crippen LogP contribution in [0, 0.1) is 5.82 Å². The largest absolute Gasteiger partial charge is 0.493 e. The Morgan fingerprint density at radius 1 is 1.11 bits per heavy atom. The Morgan fingerprint density at radius 3 is 2.68 bits per heavy atom. The Kier molecular flexibility index (Phi) is 4.23. The lowest BCUT2D eigenvalue weighted by molar-refractivity contribution is -0.125. The van der Waals surface area contributed by atoms with Crippen LogP contribution in [0.25, 0.3) is 0 Å². The Morgan fingerprint density at radius 2 is 1.89 bits per heavy atom. The highest BCUT2D eigenvalue weighted by atomic mass is 19.1. The summed E-state index contributed by atoms with van der Waals surface area (Å²) in [5.74, 6) is 0.671. The molecule has 1 unspecified atom stereocenters. The van der Waals surface area contributed by atoms with Crippen molar-refractivity contribution in [1.29, 1.82) is 0 Å². The maximum atomic E-state index is 13.8. The van der Waals surface area contributed by atoms with E-state index in [-0.39, 0.29) is 17.8 Å². The number of anilines is 1. The number of hydrogen-bond donors (Lipinski definition) is 1. The number of para-hydroxylation sites is 1. The molecule has 1 atom stereocenters. The maximum absolute atomic E-state index is 13.8. The molecule has 3 aliphatic heterocycles. The van der Waals surface area contributed by atoms with Crippen molar-refractivity contribution >= 4 is 11.6 Å². The van der Waals surface area contributed by atoms with Crippen molar-refractivity contribution in [3.63, 3.8) is 0 Å². The van der Waals surface area contributed by atoms with E-state index in [0.717, 1.165) is 49.4 Å². The van der Waals surface area contributed by atoms with Gasteiger partial charge in [0.15, 0.2) is 0 Å². The number of fused-ring (bicyclic) bond motifs is 1. The van der Waals surface area contributed by atoms with Crippen LogP contribution < -0.4 is 15.0 Å². The Labute approximate surface area is 164 Å². The van der Waals surface area contributed by atoms with Crippen molar-refractivity contribution in [1.82, 2.24) is 10.2 Å². The molecule has 2 saturated heterocycles. The number of carbonyl (C=O) groups excluding carboxylic acids is 1. The smallest absolute Gasteiger partial charge is 0.247 e. The van der Waals surface area contributed by atoms with E-state index >= 15 is 0 Å². The van der Waals surface area contributed by atoms with Crippen molar-refractivity contribution in [3.8, 4) is 5.75 Å². The molecule has 5 rings (SSSR count). The first-order valence-corrected chi connectivity index (χ1v) is 9.95. The molecular formula is C22H24FN3O2. The summed E-state index contributed by atoms with van der Waals surface area (Å²) in [4.78, 5) is 17.4. The van der Waals surface area contributed by atoms with E-state index in [1.165, 1.54) is 6.07 Å². The fourth-order valence-electron chi connectivity index (χ4n) is 4.96. The lowest BCUT2D eigenvalue weighted by Crippen LogP contribution is -2.57. The van der Waals surface area contributed by atoms with Crippen molar-refractivity contribution in [2.45, 2.75) is 30.8 Å². The molecule has 1 amide bonds. The quantitative estimate of drug-likeness (QED) is 0.868. The summed E-state index contributed by atoms with van der Waals surface area (Å²) in [5.41, 5.74) is 1.51. The summed E-state index contributed by atoms with van der Waals surface area (Å²) in [6.07, 6.45) is 2.36. The molecule has 3 heterocycles. The molecule has 1 N–H and O–H groups in total. The number of ether oxygens (including phenoxy) is 1. The summed E-state index contributed by atoms with van der Waals surface area (Å²) in [7, 11) is 0. The van der Waals surface area contributed by atoms with Gasteiger partial charge in [-0.3, -0.25) is 9.69 Å². The molecule has 146 valence electrons. The second-order valence-corrected chi connectivity index (χ2v) is 7.83. The molecule has 2 aromatic rings. The zero-order valence-electron chi connectivity index (χ0n) is 15.7. The molecule has 0 aliphatic carbocycles. The van der Waals surface area contributed by atoms with Gasteiger partial charge in [0.25, 0.3) is 0 Å². The lowest BCUT2D eigenvalue weighted by atomic mass is 9.84. The van der Waals surface area contributed by atoms with Gasteiger partial charge in [0.2, 0.25) is 5.91 Å². The van der Waals surface area contributed by atoms with E-state index in [4.69, 9.17) is 4.74 Å². The van der Waals surface area contributed by atoms with Gasteiger partial charge in [0.1, 0.15) is 17.1 Å². The predicted octanol–water partition coefficient (Wildman–Crippen LogP) is 3.08. The van der Waals surface area contributed by atoms with Crippen molar-refractivity contribution in [3.05, 3.63) is 59.9 Å². The minimum Gasteiger partial charge on any atom is -0.493 e. The average Bonchev–Trinajstić information content (AvgIpc) is 3.04. The molecular weight excluding hydrogens is 357 g/mol. The first-order valence-electron chi connectivity index (χ1n) is 9.95. The van der Waals surface area contributed by atoms with Crippen molar-refractivity contribution < 1.29 is 13.9 Å². The summed E-state index contributed by atoms with van der Waals surface area (Å²) in [6.45, 7) is 2.80. The molecule has 1 spiro atoms. The normalized spacial score (nSPS) is 24.0. The number of hydrogen-bond acceptors (Lipinski definition) is 4. The number of amides is 1. The molecule has 5 nitrogen and oxygen atoms in total. The number of likely N-dealkylation sites (tertiary alicyclic amines) is 1. The van der Waals surface area contributed by atoms with Gasteiger partial charge in [-0.05, 0) is 43.2 Å². The summed E-state index contributed by atoms with van der Waals surface area (Å²) in [6, 6.07) is 15.1. The van der Waals surface area contributed by atoms with Crippen LogP contribution in [0.1, 0.15) is 30.9 Å². The first kappa shape index (κ1) is 17.5.